The number of rotatable bonds is 6. The fourth-order valence-corrected chi connectivity index (χ4v) is 5.60. The number of anilines is 1. The van der Waals surface area contributed by atoms with Gasteiger partial charge in [0.1, 0.15) is 10.5 Å². The molecular weight excluding hydrogens is 434 g/mol. The lowest BCUT2D eigenvalue weighted by molar-refractivity contribution is -0.118. The maximum Gasteiger partial charge on any atom is 0.341 e. The highest BCUT2D eigenvalue weighted by molar-refractivity contribution is 7.89. The van der Waals surface area contributed by atoms with E-state index in [1.807, 2.05) is 28.8 Å². The Morgan fingerprint density at radius 2 is 1.91 bits per heavy atom. The van der Waals surface area contributed by atoms with Crippen molar-refractivity contribution in [2.24, 2.45) is 0 Å². The molecule has 0 radical (unpaired) electrons. The number of H-pyrrole nitrogens is 1. The molecule has 1 aromatic carbocycles. The Kier molecular flexibility index (Phi) is 5.55. The molecule has 2 aromatic heterocycles. The van der Waals surface area contributed by atoms with Crippen LogP contribution in [0.25, 0.3) is 11.0 Å². The summed E-state index contributed by atoms with van der Waals surface area (Å²) >= 11 is 0. The third-order valence-corrected chi connectivity index (χ3v) is 7.52. The van der Waals surface area contributed by atoms with Gasteiger partial charge in [0.15, 0.2) is 0 Å². The average Bonchev–Trinajstić information content (AvgIpc) is 3.39. The fourth-order valence-electron chi connectivity index (χ4n) is 4.07. The summed E-state index contributed by atoms with van der Waals surface area (Å²) in [6.07, 6.45) is 0. The summed E-state index contributed by atoms with van der Waals surface area (Å²) in [5.74, 6) is -0.614. The number of nitrogens with zero attached hydrogens (tertiary/aromatic N) is 4. The lowest BCUT2D eigenvalue weighted by Gasteiger charge is -2.21. The second kappa shape index (κ2) is 8.06. The number of sulfonamides is 1. The Morgan fingerprint density at radius 3 is 2.62 bits per heavy atom. The molecule has 0 saturated heterocycles. The van der Waals surface area contributed by atoms with E-state index in [0.717, 1.165) is 15.3 Å². The van der Waals surface area contributed by atoms with E-state index in [1.54, 1.807) is 20.8 Å². The maximum atomic E-state index is 13.3. The molecule has 1 amide bonds. The number of hydrogen-bond donors (Lipinski definition) is 1. The molecule has 1 aliphatic heterocycles. The number of esters is 1. The van der Waals surface area contributed by atoms with E-state index < -0.39 is 28.4 Å². The van der Waals surface area contributed by atoms with Crippen LogP contribution in [-0.4, -0.2) is 65.9 Å². The number of fused-ring (bicyclic) bond motifs is 3. The first kappa shape index (κ1) is 22.0. The van der Waals surface area contributed by atoms with Crippen molar-refractivity contribution < 1.29 is 22.7 Å². The third-order valence-electron chi connectivity index (χ3n) is 5.55. The van der Waals surface area contributed by atoms with Crippen molar-refractivity contribution in [1.29, 1.82) is 0 Å². The molecule has 0 unspecified atom stereocenters. The van der Waals surface area contributed by atoms with Gasteiger partial charge in [-0.25, -0.2) is 18.2 Å². The number of hydrogen-bond acceptors (Lipinski definition) is 6. The van der Waals surface area contributed by atoms with Crippen LogP contribution in [-0.2, 0) is 26.1 Å². The predicted molar refractivity (Wildman–Crippen MR) is 118 cm³/mol. The van der Waals surface area contributed by atoms with Gasteiger partial charge in [-0.3, -0.25) is 9.69 Å². The average molecular weight is 460 g/mol. The molecule has 0 spiro atoms. The second-order valence-electron chi connectivity index (χ2n) is 7.66. The molecule has 3 heterocycles. The SMILES string of the molecule is CCOC(=O)c1c(C)[nH]c(C)c1S(=O)(=O)N(C)CC(=O)N1CCn2c1nc1ccccc12. The topological polar surface area (TPSA) is 118 Å². The highest BCUT2D eigenvalue weighted by Gasteiger charge is 2.35. The Balaban J connectivity index is 1.61. The van der Waals surface area contributed by atoms with Crippen molar-refractivity contribution in [3.63, 3.8) is 0 Å². The Bertz CT molecular complexity index is 1320. The molecule has 11 heteroatoms. The lowest BCUT2D eigenvalue weighted by Crippen LogP contribution is -2.41. The summed E-state index contributed by atoms with van der Waals surface area (Å²) in [5.41, 5.74) is 2.38. The van der Waals surface area contributed by atoms with Crippen molar-refractivity contribution in [3.8, 4) is 0 Å². The van der Waals surface area contributed by atoms with Crippen LogP contribution in [0.15, 0.2) is 29.2 Å². The lowest BCUT2D eigenvalue weighted by atomic mass is 10.2. The van der Waals surface area contributed by atoms with E-state index in [-0.39, 0.29) is 17.1 Å². The van der Waals surface area contributed by atoms with Gasteiger partial charge in [-0.1, -0.05) is 12.1 Å². The molecule has 3 aromatic rings. The number of para-hydroxylation sites is 2. The summed E-state index contributed by atoms with van der Waals surface area (Å²) in [6, 6.07) is 7.59. The number of aromatic nitrogens is 3. The number of carbonyl (C=O) groups excluding carboxylic acids is 2. The first-order chi connectivity index (χ1) is 15.2. The highest BCUT2D eigenvalue weighted by atomic mass is 32.2. The van der Waals surface area contributed by atoms with Crippen LogP contribution in [0.4, 0.5) is 5.95 Å². The Morgan fingerprint density at radius 1 is 1.19 bits per heavy atom. The monoisotopic (exact) mass is 459 g/mol. The van der Waals surface area contributed by atoms with E-state index in [4.69, 9.17) is 4.74 Å². The van der Waals surface area contributed by atoms with Crippen LogP contribution in [0.1, 0.15) is 28.7 Å². The molecule has 10 nitrogen and oxygen atoms in total. The number of ether oxygens (including phenoxy) is 1. The summed E-state index contributed by atoms with van der Waals surface area (Å²) < 4.78 is 34.6. The standard InChI is InChI=1S/C21H25N5O5S/c1-5-31-20(28)18-13(2)22-14(3)19(18)32(29,30)24(4)12-17(27)26-11-10-25-16-9-7-6-8-15(16)23-21(25)26/h6-9,22H,5,10-12H2,1-4H3. The van der Waals surface area contributed by atoms with E-state index in [9.17, 15) is 18.0 Å². The van der Waals surface area contributed by atoms with Crippen LogP contribution in [0.5, 0.6) is 0 Å². The zero-order valence-electron chi connectivity index (χ0n) is 18.4. The molecule has 170 valence electrons. The van der Waals surface area contributed by atoms with Gasteiger partial charge in [0.25, 0.3) is 0 Å². The van der Waals surface area contributed by atoms with Crippen molar-refractivity contribution in [2.45, 2.75) is 32.2 Å². The number of likely N-dealkylation sites (N-methyl/N-ethyl adjacent to an activating group) is 1. The third kappa shape index (κ3) is 3.47. The van der Waals surface area contributed by atoms with Gasteiger partial charge >= 0.3 is 5.97 Å². The van der Waals surface area contributed by atoms with Crippen molar-refractivity contribution in [1.82, 2.24) is 18.8 Å². The van der Waals surface area contributed by atoms with Crippen LogP contribution in [0.2, 0.25) is 0 Å². The minimum Gasteiger partial charge on any atom is -0.462 e. The largest absolute Gasteiger partial charge is 0.462 e. The summed E-state index contributed by atoms with van der Waals surface area (Å²) in [4.78, 5) is 34.2. The first-order valence-electron chi connectivity index (χ1n) is 10.2. The minimum absolute atomic E-state index is 0.0355. The fraction of sp³-hybridized carbons (Fsp3) is 0.381. The van der Waals surface area contributed by atoms with Crippen LogP contribution in [0, 0.1) is 13.8 Å². The number of benzene rings is 1. The number of nitrogens with one attached hydrogen (secondary N) is 1. The van der Waals surface area contributed by atoms with E-state index in [2.05, 4.69) is 9.97 Å². The van der Waals surface area contributed by atoms with Gasteiger partial charge in [-0.15, -0.1) is 0 Å². The number of imidazole rings is 1. The molecule has 0 aliphatic carbocycles. The zero-order chi connectivity index (χ0) is 23.2. The molecule has 0 saturated carbocycles. The van der Waals surface area contributed by atoms with Gasteiger partial charge in [0.05, 0.1) is 24.2 Å². The van der Waals surface area contributed by atoms with Gasteiger partial charge in [-0.2, -0.15) is 4.31 Å². The summed E-state index contributed by atoms with van der Waals surface area (Å²) in [5, 5.41) is 0. The molecule has 1 N–H and O–H groups in total. The summed E-state index contributed by atoms with van der Waals surface area (Å²) in [6.45, 7) is 5.55. The predicted octanol–water partition coefficient (Wildman–Crippen LogP) is 1.83. The smallest absolute Gasteiger partial charge is 0.341 e. The van der Waals surface area contributed by atoms with E-state index in [0.29, 0.717) is 30.4 Å². The number of aryl methyl sites for hydroxylation is 2. The number of amides is 1. The van der Waals surface area contributed by atoms with Gasteiger partial charge < -0.3 is 14.3 Å². The Hall–Kier alpha value is -3.18. The molecule has 0 atom stereocenters. The molecule has 4 rings (SSSR count). The quantitative estimate of drug-likeness (QED) is 0.562. The Labute approximate surface area is 185 Å². The second-order valence-corrected chi connectivity index (χ2v) is 9.64. The molecule has 0 fully saturated rings. The van der Waals surface area contributed by atoms with E-state index >= 15 is 0 Å². The van der Waals surface area contributed by atoms with E-state index in [1.165, 1.54) is 11.9 Å². The zero-order valence-corrected chi connectivity index (χ0v) is 19.2. The molecule has 0 bridgehead atoms. The highest BCUT2D eigenvalue weighted by Crippen LogP contribution is 2.29. The molecular formula is C21H25N5O5S. The van der Waals surface area contributed by atoms with Crippen LogP contribution >= 0.6 is 0 Å². The van der Waals surface area contributed by atoms with Gasteiger partial charge in [0.2, 0.25) is 21.9 Å². The van der Waals surface area contributed by atoms with Crippen LogP contribution in [0.3, 0.4) is 0 Å². The number of aromatic amines is 1. The van der Waals surface area contributed by atoms with Gasteiger partial charge in [0, 0.05) is 31.5 Å². The minimum atomic E-state index is -4.14. The summed E-state index contributed by atoms with van der Waals surface area (Å²) in [7, 11) is -2.82. The van der Waals surface area contributed by atoms with Crippen molar-refractivity contribution in [3.05, 3.63) is 41.2 Å². The first-order valence-corrected chi connectivity index (χ1v) is 11.7. The van der Waals surface area contributed by atoms with Gasteiger partial charge in [-0.05, 0) is 32.9 Å². The van der Waals surface area contributed by atoms with Crippen LogP contribution < -0.4 is 4.90 Å². The van der Waals surface area contributed by atoms with Crippen molar-refractivity contribution >= 4 is 38.9 Å². The number of carbonyl (C=O) groups is 2. The molecule has 1 aliphatic rings. The molecule has 32 heavy (non-hydrogen) atoms. The maximum absolute atomic E-state index is 13.3. The normalized spacial score (nSPS) is 13.7. The van der Waals surface area contributed by atoms with Crippen molar-refractivity contribution in [2.75, 3.05) is 31.6 Å².